The third-order valence-electron chi connectivity index (χ3n) is 5.50. The molecule has 34 heavy (non-hydrogen) atoms. The molecule has 3 aromatic rings. The van der Waals surface area contributed by atoms with Crippen LogP contribution in [0, 0.1) is 5.92 Å². The molecule has 1 aliphatic carbocycles. The lowest BCUT2D eigenvalue weighted by molar-refractivity contribution is 0.00778. The van der Waals surface area contributed by atoms with Crippen LogP contribution in [0.25, 0.3) is 11.3 Å². The SMILES string of the molecule is NS(=O)(=O)OC[C@H]1CC(Nc2ncncc2C(=O)c2ccc(-c3ccccc3Cl)o2)[C@H](O)[C@@H]1O. The van der Waals surface area contributed by atoms with Crippen LogP contribution in [0.1, 0.15) is 22.5 Å². The van der Waals surface area contributed by atoms with Gasteiger partial charge in [-0.05, 0) is 30.7 Å². The van der Waals surface area contributed by atoms with E-state index in [0.717, 1.165) is 0 Å². The van der Waals surface area contributed by atoms with Gasteiger partial charge in [0.1, 0.15) is 24.0 Å². The predicted octanol–water partition coefficient (Wildman–Crippen LogP) is 1.36. The molecule has 5 N–H and O–H groups in total. The Labute approximate surface area is 199 Å². The van der Waals surface area contributed by atoms with Crippen molar-refractivity contribution in [2.24, 2.45) is 11.1 Å². The molecular weight excluding hydrogens is 488 g/mol. The summed E-state index contributed by atoms with van der Waals surface area (Å²) in [6.07, 6.45) is 0.100. The number of nitrogens with two attached hydrogens (primary N) is 1. The molecule has 11 nitrogen and oxygen atoms in total. The van der Waals surface area contributed by atoms with Crippen molar-refractivity contribution < 1.29 is 32.0 Å². The molecule has 0 amide bonds. The summed E-state index contributed by atoms with van der Waals surface area (Å²) in [5.74, 6) is -0.676. The van der Waals surface area contributed by atoms with Crippen LogP contribution in [0.15, 0.2) is 53.3 Å². The van der Waals surface area contributed by atoms with E-state index < -0.39 is 46.9 Å². The van der Waals surface area contributed by atoms with Crippen molar-refractivity contribution in [3.8, 4) is 11.3 Å². The molecule has 1 unspecified atom stereocenters. The van der Waals surface area contributed by atoms with Crippen LogP contribution < -0.4 is 10.5 Å². The van der Waals surface area contributed by atoms with Crippen molar-refractivity contribution in [2.45, 2.75) is 24.7 Å². The molecule has 1 aliphatic rings. The fourth-order valence-corrected chi connectivity index (χ4v) is 4.39. The Morgan fingerprint density at radius 1 is 1.24 bits per heavy atom. The maximum absolute atomic E-state index is 13.1. The fourth-order valence-electron chi connectivity index (χ4n) is 3.80. The maximum Gasteiger partial charge on any atom is 0.333 e. The van der Waals surface area contributed by atoms with Crippen molar-refractivity contribution >= 4 is 33.5 Å². The molecule has 0 aliphatic heterocycles. The topological polar surface area (TPSA) is 178 Å². The summed E-state index contributed by atoms with van der Waals surface area (Å²) in [5, 5.41) is 28.9. The molecule has 2 heterocycles. The van der Waals surface area contributed by atoms with E-state index in [4.69, 9.17) is 21.2 Å². The monoisotopic (exact) mass is 508 g/mol. The van der Waals surface area contributed by atoms with E-state index in [1.54, 1.807) is 30.3 Å². The van der Waals surface area contributed by atoms with Crippen LogP contribution in [0.5, 0.6) is 0 Å². The number of aliphatic hydroxyl groups excluding tert-OH is 2. The van der Waals surface area contributed by atoms with Crippen LogP contribution in [-0.2, 0) is 14.5 Å². The van der Waals surface area contributed by atoms with Gasteiger partial charge in [-0.1, -0.05) is 23.7 Å². The van der Waals surface area contributed by atoms with E-state index in [-0.39, 0.29) is 23.6 Å². The van der Waals surface area contributed by atoms with Gasteiger partial charge in [0.2, 0.25) is 5.78 Å². The highest BCUT2D eigenvalue weighted by Crippen LogP contribution is 2.32. The number of furan rings is 1. The highest BCUT2D eigenvalue weighted by Gasteiger charge is 2.42. The zero-order chi connectivity index (χ0) is 24.5. The number of carbonyl (C=O) groups excluding carboxylic acids is 1. The fraction of sp³-hybridized carbons (Fsp3) is 0.286. The minimum absolute atomic E-state index is 0.0270. The Bertz CT molecular complexity index is 1300. The molecule has 180 valence electrons. The number of aliphatic hydroxyl groups is 2. The molecule has 0 saturated heterocycles. The second-order valence-corrected chi connectivity index (χ2v) is 9.39. The molecular formula is C21H21ClN4O7S. The summed E-state index contributed by atoms with van der Waals surface area (Å²) in [5.41, 5.74) is 0.704. The third-order valence-corrected chi connectivity index (χ3v) is 6.29. The van der Waals surface area contributed by atoms with Gasteiger partial charge in [0.25, 0.3) is 0 Å². The second-order valence-electron chi connectivity index (χ2n) is 7.76. The van der Waals surface area contributed by atoms with Gasteiger partial charge in [-0.25, -0.2) is 15.1 Å². The van der Waals surface area contributed by atoms with Crippen molar-refractivity contribution in [1.29, 1.82) is 0 Å². The number of aromatic nitrogens is 2. The van der Waals surface area contributed by atoms with Crippen molar-refractivity contribution in [3.05, 3.63) is 65.3 Å². The largest absolute Gasteiger partial charge is 0.453 e. The number of carbonyl (C=O) groups is 1. The van der Waals surface area contributed by atoms with E-state index in [2.05, 4.69) is 19.5 Å². The molecule has 2 aromatic heterocycles. The smallest absolute Gasteiger partial charge is 0.333 e. The number of nitrogens with one attached hydrogen (secondary N) is 1. The van der Waals surface area contributed by atoms with Crippen LogP contribution in [0.4, 0.5) is 5.82 Å². The summed E-state index contributed by atoms with van der Waals surface area (Å²) in [6.45, 7) is -0.401. The average Bonchev–Trinajstić information content (AvgIpc) is 3.39. The Morgan fingerprint density at radius 3 is 2.74 bits per heavy atom. The number of anilines is 1. The predicted molar refractivity (Wildman–Crippen MR) is 121 cm³/mol. The highest BCUT2D eigenvalue weighted by molar-refractivity contribution is 7.84. The lowest BCUT2D eigenvalue weighted by atomic mass is 10.1. The minimum atomic E-state index is -4.20. The number of hydrogen-bond donors (Lipinski definition) is 4. The molecule has 4 rings (SSSR count). The van der Waals surface area contributed by atoms with Crippen molar-refractivity contribution in [3.63, 3.8) is 0 Å². The normalized spacial score (nSPS) is 22.6. The quantitative estimate of drug-likeness (QED) is 0.325. The first-order chi connectivity index (χ1) is 16.1. The van der Waals surface area contributed by atoms with Crippen LogP contribution in [0.3, 0.4) is 0 Å². The Morgan fingerprint density at radius 2 is 2.00 bits per heavy atom. The second kappa shape index (κ2) is 9.78. The first-order valence-corrected chi connectivity index (χ1v) is 12.0. The summed E-state index contributed by atoms with van der Waals surface area (Å²) in [4.78, 5) is 21.1. The molecule has 0 radical (unpaired) electrons. The molecule has 4 atom stereocenters. The first-order valence-electron chi connectivity index (χ1n) is 10.1. The zero-order valence-corrected chi connectivity index (χ0v) is 19.1. The van der Waals surface area contributed by atoms with Gasteiger partial charge in [-0.2, -0.15) is 8.42 Å². The Kier molecular flexibility index (Phi) is 6.98. The minimum Gasteiger partial charge on any atom is -0.453 e. The van der Waals surface area contributed by atoms with E-state index in [9.17, 15) is 23.4 Å². The Hall–Kier alpha value is -2.87. The first kappa shape index (κ1) is 24.3. The number of nitrogens with zero attached hydrogens (tertiary/aromatic N) is 2. The van der Waals surface area contributed by atoms with Gasteiger partial charge in [0.15, 0.2) is 5.76 Å². The number of ketones is 1. The van der Waals surface area contributed by atoms with Gasteiger partial charge in [0, 0.05) is 17.7 Å². The number of benzene rings is 1. The van der Waals surface area contributed by atoms with Gasteiger partial charge in [0.05, 0.1) is 29.3 Å². The summed E-state index contributed by atoms with van der Waals surface area (Å²) >= 11 is 6.20. The van der Waals surface area contributed by atoms with Crippen molar-refractivity contribution in [1.82, 2.24) is 9.97 Å². The van der Waals surface area contributed by atoms with Gasteiger partial charge < -0.3 is 19.9 Å². The van der Waals surface area contributed by atoms with E-state index >= 15 is 0 Å². The molecule has 1 fully saturated rings. The van der Waals surface area contributed by atoms with Crippen LogP contribution >= 0.6 is 11.6 Å². The maximum atomic E-state index is 13.1. The van der Waals surface area contributed by atoms with Gasteiger partial charge in [-0.3, -0.25) is 8.98 Å². The highest BCUT2D eigenvalue weighted by atomic mass is 35.5. The molecule has 13 heteroatoms. The zero-order valence-electron chi connectivity index (χ0n) is 17.5. The van der Waals surface area contributed by atoms with Crippen LogP contribution in [0.2, 0.25) is 5.02 Å². The van der Waals surface area contributed by atoms with E-state index in [1.165, 1.54) is 18.6 Å². The number of hydrogen-bond acceptors (Lipinski definition) is 10. The standard InChI is InChI=1S/C21H21ClN4O7S/c22-14-4-2-1-3-12(14)16-5-6-17(33-16)19(28)13-8-24-10-25-21(13)26-15-7-11(18(27)20(15)29)9-32-34(23,30)31/h1-6,8,10-11,15,18,20,27,29H,7,9H2,(H2,23,30,31)(H,24,25,26)/t11-,15?,18-,20+/m1/s1. The van der Waals surface area contributed by atoms with Crippen LogP contribution in [-0.4, -0.2) is 59.2 Å². The molecule has 0 spiro atoms. The number of halogens is 1. The lowest BCUT2D eigenvalue weighted by Crippen LogP contribution is -2.36. The average molecular weight is 509 g/mol. The van der Waals surface area contributed by atoms with Gasteiger partial charge >= 0.3 is 10.3 Å². The molecule has 1 saturated carbocycles. The molecule has 0 bridgehead atoms. The van der Waals surface area contributed by atoms with Gasteiger partial charge in [-0.15, -0.1) is 0 Å². The van der Waals surface area contributed by atoms with E-state index in [1.807, 2.05) is 0 Å². The summed E-state index contributed by atoms with van der Waals surface area (Å²) in [7, 11) is -4.20. The van der Waals surface area contributed by atoms with E-state index in [0.29, 0.717) is 16.3 Å². The summed E-state index contributed by atoms with van der Waals surface area (Å²) < 4.78 is 32.3. The van der Waals surface area contributed by atoms with Crippen molar-refractivity contribution in [2.75, 3.05) is 11.9 Å². The third kappa shape index (κ3) is 5.27. The Balaban J connectivity index is 1.53. The summed E-state index contributed by atoms with van der Waals surface area (Å²) in [6, 6.07) is 9.42. The molecule has 1 aromatic carbocycles. The number of rotatable bonds is 8. The lowest BCUT2D eigenvalue weighted by Gasteiger charge is -2.19.